The fraction of sp³-hybridized carbons (Fsp3) is 0.423. The lowest BCUT2D eigenvalue weighted by Gasteiger charge is -2.23. The molecular weight excluding hydrogens is 402 g/mol. The predicted molar refractivity (Wildman–Crippen MR) is 127 cm³/mol. The fourth-order valence-electron chi connectivity index (χ4n) is 4.67. The number of anilines is 3. The summed E-state index contributed by atoms with van der Waals surface area (Å²) < 4.78 is 0. The molecule has 2 saturated heterocycles. The molecule has 32 heavy (non-hydrogen) atoms. The molecule has 4 rings (SSSR count). The first kappa shape index (κ1) is 22.1. The molecule has 0 aliphatic carbocycles. The zero-order chi connectivity index (χ0) is 22.8. The molecule has 3 amide bonds. The van der Waals surface area contributed by atoms with Gasteiger partial charge in [0.15, 0.2) is 0 Å². The van der Waals surface area contributed by atoms with Crippen molar-refractivity contribution in [1.29, 1.82) is 0 Å². The summed E-state index contributed by atoms with van der Waals surface area (Å²) in [6, 6.07) is 13.6. The van der Waals surface area contributed by atoms with Crippen molar-refractivity contribution in [2.45, 2.75) is 52.4 Å². The molecule has 0 unspecified atom stereocenters. The van der Waals surface area contributed by atoms with E-state index in [1.165, 1.54) is 0 Å². The van der Waals surface area contributed by atoms with Gasteiger partial charge in [-0.3, -0.25) is 14.4 Å². The third kappa shape index (κ3) is 4.27. The summed E-state index contributed by atoms with van der Waals surface area (Å²) in [6.45, 7) is 7.37. The lowest BCUT2D eigenvalue weighted by atomic mass is 9.96. The van der Waals surface area contributed by atoms with Crippen molar-refractivity contribution < 1.29 is 14.4 Å². The Balaban J connectivity index is 1.46. The minimum atomic E-state index is -0.396. The van der Waals surface area contributed by atoms with Crippen molar-refractivity contribution in [3.63, 3.8) is 0 Å². The van der Waals surface area contributed by atoms with Crippen LogP contribution < -0.4 is 15.1 Å². The Morgan fingerprint density at radius 3 is 2.56 bits per heavy atom. The second-order valence-electron chi connectivity index (χ2n) is 8.91. The van der Waals surface area contributed by atoms with Gasteiger partial charge in [0, 0.05) is 43.0 Å². The second-order valence-corrected chi connectivity index (χ2v) is 8.91. The van der Waals surface area contributed by atoms with Crippen LogP contribution in [0.2, 0.25) is 0 Å². The van der Waals surface area contributed by atoms with Gasteiger partial charge < -0.3 is 15.1 Å². The predicted octanol–water partition coefficient (Wildman–Crippen LogP) is 4.63. The highest BCUT2D eigenvalue weighted by atomic mass is 16.2. The molecule has 2 heterocycles. The van der Waals surface area contributed by atoms with Gasteiger partial charge in [-0.05, 0) is 61.1 Å². The van der Waals surface area contributed by atoms with Crippen LogP contribution in [0.5, 0.6) is 0 Å². The van der Waals surface area contributed by atoms with Crippen LogP contribution in [-0.4, -0.2) is 30.8 Å². The van der Waals surface area contributed by atoms with Gasteiger partial charge in [-0.1, -0.05) is 32.0 Å². The van der Waals surface area contributed by atoms with E-state index in [2.05, 4.69) is 25.2 Å². The topological polar surface area (TPSA) is 69.7 Å². The molecule has 1 N–H and O–H groups in total. The van der Waals surface area contributed by atoms with Crippen LogP contribution >= 0.6 is 0 Å². The molecule has 0 radical (unpaired) electrons. The van der Waals surface area contributed by atoms with Crippen LogP contribution in [0, 0.1) is 12.8 Å². The van der Waals surface area contributed by atoms with Crippen LogP contribution in [0.15, 0.2) is 42.5 Å². The largest absolute Gasteiger partial charge is 0.326 e. The average molecular weight is 434 g/mol. The van der Waals surface area contributed by atoms with Gasteiger partial charge in [0.1, 0.15) is 0 Å². The summed E-state index contributed by atoms with van der Waals surface area (Å²) in [7, 11) is 0. The van der Waals surface area contributed by atoms with Gasteiger partial charge in [-0.2, -0.15) is 0 Å². The normalized spacial score (nSPS) is 19.5. The fourth-order valence-corrected chi connectivity index (χ4v) is 4.67. The maximum atomic E-state index is 13.0. The van der Waals surface area contributed by atoms with Crippen molar-refractivity contribution in [3.8, 4) is 0 Å². The maximum Gasteiger partial charge on any atom is 0.229 e. The summed E-state index contributed by atoms with van der Waals surface area (Å²) in [6.07, 6.45) is 2.66. The first-order valence-electron chi connectivity index (χ1n) is 11.5. The zero-order valence-corrected chi connectivity index (χ0v) is 19.1. The smallest absolute Gasteiger partial charge is 0.229 e. The number of carbonyl (C=O) groups is 3. The SMILES string of the molecule is CC[C@@H](C)c1ccccc1N1C[C@@H](C(=O)Nc2ccc(N3CCCC3=O)c(C)c2)CC1=O. The van der Waals surface area contributed by atoms with Crippen molar-refractivity contribution in [3.05, 3.63) is 53.6 Å². The van der Waals surface area contributed by atoms with E-state index in [0.717, 1.165) is 41.9 Å². The van der Waals surface area contributed by atoms with E-state index in [1.807, 2.05) is 48.2 Å². The van der Waals surface area contributed by atoms with Gasteiger partial charge in [-0.25, -0.2) is 0 Å². The van der Waals surface area contributed by atoms with Gasteiger partial charge in [0.05, 0.1) is 5.92 Å². The second kappa shape index (κ2) is 9.15. The monoisotopic (exact) mass is 433 g/mol. The maximum absolute atomic E-state index is 13.0. The summed E-state index contributed by atoms with van der Waals surface area (Å²) >= 11 is 0. The Labute approximate surface area is 189 Å². The highest BCUT2D eigenvalue weighted by Crippen LogP contribution is 2.34. The number of benzene rings is 2. The lowest BCUT2D eigenvalue weighted by molar-refractivity contribution is -0.122. The number of nitrogens with zero attached hydrogens (tertiary/aromatic N) is 2. The molecule has 168 valence electrons. The van der Waals surface area contributed by atoms with Crippen molar-refractivity contribution >= 4 is 34.8 Å². The van der Waals surface area contributed by atoms with Gasteiger partial charge in [-0.15, -0.1) is 0 Å². The molecule has 0 bridgehead atoms. The van der Waals surface area contributed by atoms with Crippen LogP contribution in [0.3, 0.4) is 0 Å². The molecule has 2 aliphatic rings. The number of amides is 3. The molecular formula is C26H31N3O3. The van der Waals surface area contributed by atoms with Crippen LogP contribution in [0.1, 0.15) is 56.6 Å². The summed E-state index contributed by atoms with van der Waals surface area (Å²) in [4.78, 5) is 41.4. The van der Waals surface area contributed by atoms with E-state index >= 15 is 0 Å². The van der Waals surface area contributed by atoms with Crippen LogP contribution in [0.4, 0.5) is 17.1 Å². The van der Waals surface area contributed by atoms with Gasteiger partial charge in [0.25, 0.3) is 0 Å². The molecule has 2 atom stereocenters. The number of aryl methyl sites for hydroxylation is 1. The Morgan fingerprint density at radius 2 is 1.88 bits per heavy atom. The lowest BCUT2D eigenvalue weighted by Crippen LogP contribution is -2.29. The number of carbonyl (C=O) groups excluding carboxylic acids is 3. The van der Waals surface area contributed by atoms with Crippen LogP contribution in [0.25, 0.3) is 0 Å². The summed E-state index contributed by atoms with van der Waals surface area (Å²) in [5.41, 5.74) is 4.59. The van der Waals surface area contributed by atoms with Crippen molar-refractivity contribution in [1.82, 2.24) is 0 Å². The first-order valence-corrected chi connectivity index (χ1v) is 11.5. The standard InChI is InChI=1S/C26H31N3O3/c1-4-17(2)21-8-5-6-9-23(21)29-16-19(15-25(29)31)26(32)27-20-11-12-22(18(3)14-20)28-13-7-10-24(28)30/h5-6,8-9,11-12,14,17,19H,4,7,10,13,15-16H2,1-3H3,(H,27,32)/t17-,19+/m1/s1. The third-order valence-corrected chi connectivity index (χ3v) is 6.70. The quantitative estimate of drug-likeness (QED) is 0.722. The van der Waals surface area contributed by atoms with E-state index in [9.17, 15) is 14.4 Å². The van der Waals surface area contributed by atoms with E-state index in [-0.39, 0.29) is 24.1 Å². The molecule has 2 aliphatic heterocycles. The minimum Gasteiger partial charge on any atom is -0.326 e. The van der Waals surface area contributed by atoms with Gasteiger partial charge >= 0.3 is 0 Å². The number of hydrogen-bond donors (Lipinski definition) is 1. The molecule has 6 nitrogen and oxygen atoms in total. The number of para-hydroxylation sites is 1. The highest BCUT2D eigenvalue weighted by molar-refractivity contribution is 6.04. The Hall–Kier alpha value is -3.15. The molecule has 0 saturated carbocycles. The Morgan fingerprint density at radius 1 is 1.09 bits per heavy atom. The van der Waals surface area contributed by atoms with E-state index in [0.29, 0.717) is 24.6 Å². The number of rotatable bonds is 6. The molecule has 6 heteroatoms. The van der Waals surface area contributed by atoms with E-state index in [4.69, 9.17) is 0 Å². The molecule has 2 fully saturated rings. The van der Waals surface area contributed by atoms with Crippen molar-refractivity contribution in [2.75, 3.05) is 28.2 Å². The average Bonchev–Trinajstić information content (AvgIpc) is 3.39. The number of hydrogen-bond acceptors (Lipinski definition) is 3. The van der Waals surface area contributed by atoms with Crippen LogP contribution in [-0.2, 0) is 14.4 Å². The summed E-state index contributed by atoms with van der Waals surface area (Å²) in [5.74, 6) is -0.0677. The van der Waals surface area contributed by atoms with Crippen molar-refractivity contribution in [2.24, 2.45) is 5.92 Å². The highest BCUT2D eigenvalue weighted by Gasteiger charge is 2.36. The first-order chi connectivity index (χ1) is 15.4. The molecule has 2 aromatic rings. The third-order valence-electron chi connectivity index (χ3n) is 6.70. The van der Waals surface area contributed by atoms with Gasteiger partial charge in [0.2, 0.25) is 17.7 Å². The Kier molecular flexibility index (Phi) is 6.31. The molecule has 0 aromatic heterocycles. The summed E-state index contributed by atoms with van der Waals surface area (Å²) in [5, 5.41) is 2.97. The number of nitrogens with one attached hydrogen (secondary N) is 1. The van der Waals surface area contributed by atoms with E-state index in [1.54, 1.807) is 4.90 Å². The minimum absolute atomic E-state index is 0.0139. The zero-order valence-electron chi connectivity index (χ0n) is 19.1. The van der Waals surface area contributed by atoms with E-state index < -0.39 is 5.92 Å². The Bertz CT molecular complexity index is 1050. The molecule has 2 aromatic carbocycles. The molecule has 0 spiro atoms.